The van der Waals surface area contributed by atoms with Gasteiger partial charge in [-0.2, -0.15) is 5.10 Å². The fourth-order valence-electron chi connectivity index (χ4n) is 3.51. The van der Waals surface area contributed by atoms with Crippen molar-refractivity contribution < 1.29 is 19.1 Å². The summed E-state index contributed by atoms with van der Waals surface area (Å²) in [6.07, 6.45) is 1.92. The Morgan fingerprint density at radius 2 is 1.79 bits per heavy atom. The van der Waals surface area contributed by atoms with Crippen LogP contribution in [0.3, 0.4) is 0 Å². The number of hydrazone groups is 1. The largest absolute Gasteiger partial charge is 0.493 e. The molecule has 0 saturated heterocycles. The molecule has 0 aromatic heterocycles. The summed E-state index contributed by atoms with van der Waals surface area (Å²) >= 11 is 15.6. The molecule has 2 amide bonds. The highest BCUT2D eigenvalue weighted by atomic mass is 79.9. The van der Waals surface area contributed by atoms with E-state index in [0.29, 0.717) is 43.6 Å². The number of methoxy groups -OCH3 is 1. The molecule has 10 heteroatoms. The first-order chi connectivity index (χ1) is 18.2. The first-order valence-electron chi connectivity index (χ1n) is 11.8. The second-order valence-electron chi connectivity index (χ2n) is 8.81. The van der Waals surface area contributed by atoms with Gasteiger partial charge in [0.2, 0.25) is 0 Å². The first-order valence-corrected chi connectivity index (χ1v) is 13.4. The van der Waals surface area contributed by atoms with Gasteiger partial charge >= 0.3 is 0 Å². The molecule has 1 unspecified atom stereocenters. The quantitative estimate of drug-likeness (QED) is 0.186. The van der Waals surface area contributed by atoms with Gasteiger partial charge in [0.15, 0.2) is 11.5 Å². The molecular formula is C28H28BrCl2N3O4. The minimum absolute atomic E-state index is 0.166. The second-order valence-corrected chi connectivity index (χ2v) is 10.5. The van der Waals surface area contributed by atoms with Gasteiger partial charge in [0.25, 0.3) is 11.8 Å². The van der Waals surface area contributed by atoms with Gasteiger partial charge in [-0.15, -0.1) is 0 Å². The van der Waals surface area contributed by atoms with E-state index in [9.17, 15) is 9.59 Å². The van der Waals surface area contributed by atoms with Gasteiger partial charge < -0.3 is 14.8 Å². The number of hydrogen-bond acceptors (Lipinski definition) is 5. The standard InChI is InChI=1S/C28H28BrCl2N3O4/c1-17(2)12-24(33-27(35)19-8-10-21(30)11-9-19)28(36)34-32-15-18-13-22(29)26(25(14-18)37-3)38-16-20-6-4-5-7-23(20)31/h4-11,13-15,17,24H,12,16H2,1-3H3,(H,33,35)(H,34,36)/b32-15+. The van der Waals surface area contributed by atoms with E-state index >= 15 is 0 Å². The third-order valence-corrected chi connectivity index (χ3v) is 6.62. The van der Waals surface area contributed by atoms with Crippen molar-refractivity contribution in [3.63, 3.8) is 0 Å². The number of carbonyl (C=O) groups is 2. The third kappa shape index (κ3) is 8.48. The van der Waals surface area contributed by atoms with Crippen molar-refractivity contribution in [1.29, 1.82) is 0 Å². The molecule has 200 valence electrons. The van der Waals surface area contributed by atoms with Gasteiger partial charge in [-0.1, -0.05) is 55.2 Å². The summed E-state index contributed by atoms with van der Waals surface area (Å²) in [6, 6.07) is 16.6. The predicted octanol–water partition coefficient (Wildman–Crippen LogP) is 6.64. The van der Waals surface area contributed by atoms with E-state index in [4.69, 9.17) is 32.7 Å². The number of hydrogen-bond donors (Lipinski definition) is 2. The van der Waals surface area contributed by atoms with E-state index in [1.165, 1.54) is 13.3 Å². The van der Waals surface area contributed by atoms with Crippen LogP contribution in [-0.2, 0) is 11.4 Å². The molecule has 0 saturated carbocycles. The summed E-state index contributed by atoms with van der Waals surface area (Å²) < 4.78 is 12.1. The lowest BCUT2D eigenvalue weighted by atomic mass is 10.0. The Labute approximate surface area is 240 Å². The van der Waals surface area contributed by atoms with Gasteiger partial charge in [0.05, 0.1) is 17.8 Å². The zero-order chi connectivity index (χ0) is 27.7. The number of nitrogens with one attached hydrogen (secondary N) is 2. The number of benzene rings is 3. The van der Waals surface area contributed by atoms with E-state index in [0.717, 1.165) is 5.56 Å². The third-order valence-electron chi connectivity index (χ3n) is 5.41. The highest BCUT2D eigenvalue weighted by Crippen LogP contribution is 2.37. The summed E-state index contributed by atoms with van der Waals surface area (Å²) in [4.78, 5) is 25.5. The molecule has 7 nitrogen and oxygen atoms in total. The van der Waals surface area contributed by atoms with Gasteiger partial charge in [-0.3, -0.25) is 9.59 Å². The lowest BCUT2D eigenvalue weighted by molar-refractivity contribution is -0.123. The molecule has 0 heterocycles. The summed E-state index contributed by atoms with van der Waals surface area (Å²) in [5, 5.41) is 8.00. The number of rotatable bonds is 11. The Bertz CT molecular complexity index is 1300. The normalized spacial score (nSPS) is 11.9. The molecule has 2 N–H and O–H groups in total. The van der Waals surface area contributed by atoms with Crippen molar-refractivity contribution >= 4 is 57.2 Å². The Hall–Kier alpha value is -3.07. The molecule has 0 bridgehead atoms. The van der Waals surface area contributed by atoms with Crippen LogP contribution >= 0.6 is 39.1 Å². The van der Waals surface area contributed by atoms with Crippen molar-refractivity contribution in [3.8, 4) is 11.5 Å². The molecule has 0 radical (unpaired) electrons. The molecule has 0 spiro atoms. The lowest BCUT2D eigenvalue weighted by Gasteiger charge is -2.19. The molecule has 3 rings (SSSR count). The number of ether oxygens (including phenoxy) is 2. The number of halogens is 3. The summed E-state index contributed by atoms with van der Waals surface area (Å²) in [5.41, 5.74) is 4.43. The van der Waals surface area contributed by atoms with Crippen LogP contribution in [0.4, 0.5) is 0 Å². The van der Waals surface area contributed by atoms with Gasteiger partial charge in [-0.25, -0.2) is 5.43 Å². The fraction of sp³-hybridized carbons (Fsp3) is 0.250. The van der Waals surface area contributed by atoms with Crippen LogP contribution < -0.4 is 20.2 Å². The topological polar surface area (TPSA) is 89.0 Å². The predicted molar refractivity (Wildman–Crippen MR) is 154 cm³/mol. The highest BCUT2D eigenvalue weighted by molar-refractivity contribution is 9.10. The average Bonchev–Trinajstić information content (AvgIpc) is 2.88. The van der Waals surface area contributed by atoms with E-state index in [-0.39, 0.29) is 18.4 Å². The molecule has 0 aliphatic heterocycles. The maximum atomic E-state index is 12.9. The van der Waals surface area contributed by atoms with Gasteiger partial charge in [-0.05, 0) is 76.3 Å². The summed E-state index contributed by atoms with van der Waals surface area (Å²) in [7, 11) is 1.53. The van der Waals surface area contributed by atoms with Crippen molar-refractivity contribution in [2.75, 3.05) is 7.11 Å². The average molecular weight is 621 g/mol. The van der Waals surface area contributed by atoms with Crippen LogP contribution in [-0.4, -0.2) is 31.2 Å². The molecule has 0 fully saturated rings. The van der Waals surface area contributed by atoms with Crippen LogP contribution in [0.15, 0.2) is 70.2 Å². The minimum Gasteiger partial charge on any atom is -0.493 e. The van der Waals surface area contributed by atoms with Crippen LogP contribution in [0.2, 0.25) is 10.0 Å². The van der Waals surface area contributed by atoms with Crippen LogP contribution in [0.1, 0.15) is 41.8 Å². The maximum Gasteiger partial charge on any atom is 0.262 e. The molecule has 3 aromatic rings. The summed E-state index contributed by atoms with van der Waals surface area (Å²) in [5.74, 6) is 0.358. The van der Waals surface area contributed by atoms with Crippen molar-refractivity contribution in [2.24, 2.45) is 11.0 Å². The Morgan fingerprint density at radius 1 is 1.08 bits per heavy atom. The maximum absolute atomic E-state index is 12.9. The van der Waals surface area contributed by atoms with Gasteiger partial charge in [0, 0.05) is 21.2 Å². The molecule has 3 aromatic carbocycles. The van der Waals surface area contributed by atoms with E-state index in [1.54, 1.807) is 42.5 Å². The van der Waals surface area contributed by atoms with Crippen molar-refractivity contribution in [3.05, 3.63) is 91.9 Å². The van der Waals surface area contributed by atoms with E-state index in [2.05, 4.69) is 31.8 Å². The van der Waals surface area contributed by atoms with Gasteiger partial charge in [0.1, 0.15) is 12.6 Å². The second kappa shape index (κ2) is 14.2. The van der Waals surface area contributed by atoms with Crippen molar-refractivity contribution in [2.45, 2.75) is 32.9 Å². The zero-order valence-electron chi connectivity index (χ0n) is 21.1. The Morgan fingerprint density at radius 3 is 2.45 bits per heavy atom. The van der Waals surface area contributed by atoms with Crippen molar-refractivity contribution in [1.82, 2.24) is 10.7 Å². The van der Waals surface area contributed by atoms with Crippen LogP contribution in [0.25, 0.3) is 0 Å². The molecular weight excluding hydrogens is 593 g/mol. The van der Waals surface area contributed by atoms with E-state index in [1.807, 2.05) is 32.0 Å². The number of carbonyl (C=O) groups excluding carboxylic acids is 2. The fourth-order valence-corrected chi connectivity index (χ4v) is 4.40. The Balaban J connectivity index is 1.67. The smallest absolute Gasteiger partial charge is 0.262 e. The molecule has 38 heavy (non-hydrogen) atoms. The SMILES string of the molecule is COc1cc(/C=N/NC(=O)C(CC(C)C)NC(=O)c2ccc(Cl)cc2)cc(Br)c1OCc1ccccc1Cl. The lowest BCUT2D eigenvalue weighted by Crippen LogP contribution is -2.46. The highest BCUT2D eigenvalue weighted by Gasteiger charge is 2.22. The zero-order valence-corrected chi connectivity index (χ0v) is 24.2. The monoisotopic (exact) mass is 619 g/mol. The Kier molecular flexibility index (Phi) is 11.0. The molecule has 0 aliphatic carbocycles. The molecule has 0 aliphatic rings. The van der Waals surface area contributed by atoms with Crippen LogP contribution in [0.5, 0.6) is 11.5 Å². The van der Waals surface area contributed by atoms with E-state index < -0.39 is 11.9 Å². The molecule has 1 atom stereocenters. The number of nitrogens with zero attached hydrogens (tertiary/aromatic N) is 1. The van der Waals surface area contributed by atoms with Crippen LogP contribution in [0, 0.1) is 5.92 Å². The summed E-state index contributed by atoms with van der Waals surface area (Å²) in [6.45, 7) is 4.20. The first kappa shape index (κ1) is 29.5. The minimum atomic E-state index is -0.766. The number of amides is 2.